The molecule has 0 radical (unpaired) electrons. The molecule has 0 heterocycles. The van der Waals surface area contributed by atoms with Crippen LogP contribution in [0.3, 0.4) is 0 Å². The second kappa shape index (κ2) is 6.45. The van der Waals surface area contributed by atoms with Crippen molar-refractivity contribution in [2.24, 2.45) is 0 Å². The predicted octanol–water partition coefficient (Wildman–Crippen LogP) is 5.50. The van der Waals surface area contributed by atoms with E-state index in [0.29, 0.717) is 15.6 Å². The lowest BCUT2D eigenvalue weighted by atomic mass is 10.2. The number of ether oxygens (including phenoxy) is 1. The van der Waals surface area contributed by atoms with Crippen LogP contribution in [0.5, 0.6) is 5.75 Å². The molecule has 7 heteroatoms. The first-order chi connectivity index (χ1) is 9.85. The Morgan fingerprint density at radius 1 is 1.05 bits per heavy atom. The van der Waals surface area contributed by atoms with Crippen LogP contribution in [-0.2, 0) is 6.54 Å². The Morgan fingerprint density at radius 3 is 2.48 bits per heavy atom. The van der Waals surface area contributed by atoms with Crippen molar-refractivity contribution in [1.82, 2.24) is 0 Å². The molecule has 2 aromatic rings. The molecule has 0 aromatic heterocycles. The number of nitrogens with one attached hydrogen (secondary N) is 1. The van der Waals surface area contributed by atoms with Crippen LogP contribution in [0, 0.1) is 0 Å². The molecule has 0 saturated carbocycles. The maximum Gasteiger partial charge on any atom is 0.573 e. The lowest BCUT2D eigenvalue weighted by molar-refractivity contribution is -0.274. The van der Waals surface area contributed by atoms with Crippen molar-refractivity contribution in [3.8, 4) is 5.75 Å². The molecule has 2 nitrogen and oxygen atoms in total. The van der Waals surface area contributed by atoms with Crippen molar-refractivity contribution in [3.05, 3.63) is 58.1 Å². The topological polar surface area (TPSA) is 21.3 Å². The molecule has 112 valence electrons. The van der Waals surface area contributed by atoms with Gasteiger partial charge < -0.3 is 10.1 Å². The molecule has 2 aromatic carbocycles. The summed E-state index contributed by atoms with van der Waals surface area (Å²) >= 11 is 11.9. The van der Waals surface area contributed by atoms with E-state index in [0.717, 1.165) is 0 Å². The SMILES string of the molecule is FC(F)(F)Oc1ccccc1NCc1cc(Cl)ccc1Cl. The van der Waals surface area contributed by atoms with Gasteiger partial charge in [-0.3, -0.25) is 0 Å². The number of rotatable bonds is 4. The summed E-state index contributed by atoms with van der Waals surface area (Å²) < 4.78 is 40.9. The number of para-hydroxylation sites is 2. The van der Waals surface area contributed by atoms with E-state index in [1.165, 1.54) is 18.2 Å². The molecule has 0 aliphatic carbocycles. The molecule has 2 rings (SSSR count). The summed E-state index contributed by atoms with van der Waals surface area (Å²) in [6.45, 7) is 0.220. The zero-order valence-corrected chi connectivity index (χ0v) is 12.1. The van der Waals surface area contributed by atoms with Gasteiger partial charge in [0.25, 0.3) is 0 Å². The minimum Gasteiger partial charge on any atom is -0.404 e. The summed E-state index contributed by atoms with van der Waals surface area (Å²) in [4.78, 5) is 0. The van der Waals surface area contributed by atoms with Gasteiger partial charge in [-0.05, 0) is 35.9 Å². The Kier molecular flexibility index (Phi) is 4.85. The van der Waals surface area contributed by atoms with Crippen LogP contribution < -0.4 is 10.1 Å². The number of alkyl halides is 3. The van der Waals surface area contributed by atoms with Crippen LogP contribution in [0.15, 0.2) is 42.5 Å². The summed E-state index contributed by atoms with van der Waals surface area (Å²) in [6, 6.07) is 10.7. The van der Waals surface area contributed by atoms with E-state index in [4.69, 9.17) is 23.2 Å². The zero-order valence-electron chi connectivity index (χ0n) is 10.5. The molecular formula is C14H10Cl2F3NO. The zero-order chi connectivity index (χ0) is 15.5. The normalized spacial score (nSPS) is 11.3. The lowest BCUT2D eigenvalue weighted by Gasteiger charge is -2.15. The average molecular weight is 336 g/mol. The lowest BCUT2D eigenvalue weighted by Crippen LogP contribution is -2.18. The van der Waals surface area contributed by atoms with Crippen molar-refractivity contribution in [3.63, 3.8) is 0 Å². The quantitative estimate of drug-likeness (QED) is 0.796. The Balaban J connectivity index is 2.15. The van der Waals surface area contributed by atoms with Gasteiger partial charge in [-0.25, -0.2) is 0 Å². The molecule has 0 unspecified atom stereocenters. The summed E-state index contributed by atoms with van der Waals surface area (Å²) in [7, 11) is 0. The average Bonchev–Trinajstić information content (AvgIpc) is 2.39. The van der Waals surface area contributed by atoms with Gasteiger partial charge in [0.15, 0.2) is 5.75 Å². The molecule has 0 aliphatic rings. The fourth-order valence-electron chi connectivity index (χ4n) is 1.70. The number of anilines is 1. The number of halogens is 5. The fourth-order valence-corrected chi connectivity index (χ4v) is 2.07. The first kappa shape index (κ1) is 15.8. The molecular weight excluding hydrogens is 326 g/mol. The van der Waals surface area contributed by atoms with Crippen LogP contribution in [0.2, 0.25) is 10.0 Å². The monoisotopic (exact) mass is 335 g/mol. The minimum absolute atomic E-state index is 0.214. The highest BCUT2D eigenvalue weighted by atomic mass is 35.5. The smallest absolute Gasteiger partial charge is 0.404 e. The molecule has 0 aliphatic heterocycles. The van der Waals surface area contributed by atoms with Gasteiger partial charge in [-0.2, -0.15) is 0 Å². The van der Waals surface area contributed by atoms with Crippen molar-refractivity contribution in [2.75, 3.05) is 5.32 Å². The number of benzene rings is 2. The third-order valence-electron chi connectivity index (χ3n) is 2.59. The van der Waals surface area contributed by atoms with Gasteiger partial charge >= 0.3 is 6.36 Å². The van der Waals surface area contributed by atoms with Gasteiger partial charge in [0.2, 0.25) is 0 Å². The van der Waals surface area contributed by atoms with E-state index < -0.39 is 6.36 Å². The largest absolute Gasteiger partial charge is 0.573 e. The second-order valence-electron chi connectivity index (χ2n) is 4.13. The second-order valence-corrected chi connectivity index (χ2v) is 4.98. The Labute approximate surface area is 129 Å². The molecule has 1 N–H and O–H groups in total. The first-order valence-electron chi connectivity index (χ1n) is 5.88. The third kappa shape index (κ3) is 4.72. The standard InChI is InChI=1S/C14H10Cl2F3NO/c15-10-5-6-11(16)9(7-10)8-20-12-3-1-2-4-13(12)21-14(17,18)19/h1-7,20H,8H2. The summed E-state index contributed by atoms with van der Waals surface area (Å²) in [6.07, 6.45) is -4.74. The highest BCUT2D eigenvalue weighted by molar-refractivity contribution is 6.33. The Morgan fingerprint density at radius 2 is 1.76 bits per heavy atom. The molecule has 0 atom stereocenters. The van der Waals surface area contributed by atoms with Crippen molar-refractivity contribution < 1.29 is 17.9 Å². The van der Waals surface area contributed by atoms with E-state index >= 15 is 0 Å². The maximum absolute atomic E-state index is 12.3. The van der Waals surface area contributed by atoms with Crippen molar-refractivity contribution in [2.45, 2.75) is 12.9 Å². The van der Waals surface area contributed by atoms with Crippen LogP contribution in [-0.4, -0.2) is 6.36 Å². The summed E-state index contributed by atoms with van der Waals surface area (Å²) in [5, 5.41) is 3.82. The van der Waals surface area contributed by atoms with E-state index in [1.807, 2.05) is 0 Å². The van der Waals surface area contributed by atoms with Crippen LogP contribution >= 0.6 is 23.2 Å². The van der Waals surface area contributed by atoms with E-state index in [9.17, 15) is 13.2 Å². The highest BCUT2D eigenvalue weighted by Crippen LogP contribution is 2.31. The molecule has 0 bridgehead atoms. The Hall–Kier alpha value is -1.59. The van der Waals surface area contributed by atoms with Crippen LogP contribution in [0.4, 0.5) is 18.9 Å². The predicted molar refractivity (Wildman–Crippen MR) is 76.9 cm³/mol. The number of hydrogen-bond donors (Lipinski definition) is 1. The van der Waals surface area contributed by atoms with E-state index in [1.54, 1.807) is 24.3 Å². The highest BCUT2D eigenvalue weighted by Gasteiger charge is 2.32. The fraction of sp³-hybridized carbons (Fsp3) is 0.143. The molecule has 21 heavy (non-hydrogen) atoms. The summed E-state index contributed by atoms with van der Waals surface area (Å²) in [5.41, 5.74) is 0.886. The van der Waals surface area contributed by atoms with Gasteiger partial charge in [-0.1, -0.05) is 35.3 Å². The molecule has 0 fully saturated rings. The van der Waals surface area contributed by atoms with Gasteiger partial charge in [0, 0.05) is 16.6 Å². The first-order valence-corrected chi connectivity index (χ1v) is 6.63. The molecule has 0 amide bonds. The van der Waals surface area contributed by atoms with Gasteiger partial charge in [0.1, 0.15) is 0 Å². The van der Waals surface area contributed by atoms with Gasteiger partial charge in [-0.15, -0.1) is 13.2 Å². The summed E-state index contributed by atoms with van der Waals surface area (Å²) in [5.74, 6) is -0.303. The van der Waals surface area contributed by atoms with E-state index in [2.05, 4.69) is 10.1 Å². The van der Waals surface area contributed by atoms with Gasteiger partial charge in [0.05, 0.1) is 5.69 Å². The minimum atomic E-state index is -4.74. The molecule has 0 spiro atoms. The third-order valence-corrected chi connectivity index (χ3v) is 3.19. The van der Waals surface area contributed by atoms with Crippen LogP contribution in [0.25, 0.3) is 0 Å². The Bertz CT molecular complexity index is 632. The van der Waals surface area contributed by atoms with E-state index in [-0.39, 0.29) is 18.0 Å². The van der Waals surface area contributed by atoms with Crippen molar-refractivity contribution in [1.29, 1.82) is 0 Å². The number of hydrogen-bond acceptors (Lipinski definition) is 2. The maximum atomic E-state index is 12.3. The van der Waals surface area contributed by atoms with Crippen molar-refractivity contribution >= 4 is 28.9 Å². The van der Waals surface area contributed by atoms with Crippen LogP contribution in [0.1, 0.15) is 5.56 Å². The molecule has 0 saturated heterocycles.